The molecule has 1 aromatic heterocycles. The molecule has 4 rings (SSSR count). The molecule has 6 nitrogen and oxygen atoms in total. The number of nitrogens with zero attached hydrogens (tertiary/aromatic N) is 3. The van der Waals surface area contributed by atoms with Crippen LogP contribution in [-0.4, -0.2) is 47.0 Å². The van der Waals surface area contributed by atoms with E-state index in [2.05, 4.69) is 32.4 Å². The molecule has 172 valence electrons. The summed E-state index contributed by atoms with van der Waals surface area (Å²) in [6.07, 6.45) is 4.94. The third-order valence-electron chi connectivity index (χ3n) is 6.02. The van der Waals surface area contributed by atoms with Crippen LogP contribution in [0.2, 0.25) is 0 Å². The first-order valence-corrected chi connectivity index (χ1v) is 11.5. The van der Waals surface area contributed by atoms with Gasteiger partial charge in [0.25, 0.3) is 5.91 Å². The van der Waals surface area contributed by atoms with Crippen LogP contribution in [0.4, 0.5) is 15.9 Å². The third kappa shape index (κ3) is 6.58. The Hall–Kier alpha value is -3.32. The van der Waals surface area contributed by atoms with Gasteiger partial charge in [-0.15, -0.1) is 0 Å². The quantitative estimate of drug-likeness (QED) is 0.482. The summed E-state index contributed by atoms with van der Waals surface area (Å²) in [4.78, 5) is 23.4. The number of rotatable bonds is 8. The molecule has 1 fully saturated rings. The number of aromatic nitrogens is 2. The third-order valence-corrected chi connectivity index (χ3v) is 6.02. The average Bonchev–Trinajstić information content (AvgIpc) is 2.83. The maximum atomic E-state index is 13.5. The van der Waals surface area contributed by atoms with E-state index in [9.17, 15) is 9.18 Å². The van der Waals surface area contributed by atoms with Crippen LogP contribution in [0.25, 0.3) is 11.3 Å². The zero-order valence-corrected chi connectivity index (χ0v) is 18.9. The first kappa shape index (κ1) is 22.9. The number of halogens is 1. The van der Waals surface area contributed by atoms with Gasteiger partial charge in [0, 0.05) is 29.4 Å². The predicted molar refractivity (Wildman–Crippen MR) is 129 cm³/mol. The minimum Gasteiger partial charge on any atom is -0.352 e. The van der Waals surface area contributed by atoms with Gasteiger partial charge in [0.15, 0.2) is 0 Å². The van der Waals surface area contributed by atoms with Gasteiger partial charge in [-0.05, 0) is 81.2 Å². The van der Waals surface area contributed by atoms with E-state index in [0.717, 1.165) is 24.6 Å². The molecule has 2 heterocycles. The zero-order chi connectivity index (χ0) is 23.0. The van der Waals surface area contributed by atoms with Crippen molar-refractivity contribution in [2.75, 3.05) is 31.5 Å². The van der Waals surface area contributed by atoms with Crippen molar-refractivity contribution in [2.45, 2.75) is 26.2 Å². The molecule has 0 unspecified atom stereocenters. The summed E-state index contributed by atoms with van der Waals surface area (Å²) in [6, 6.07) is 15.3. The number of anilines is 2. The Labute approximate surface area is 194 Å². The topological polar surface area (TPSA) is 70.2 Å². The average molecular weight is 448 g/mol. The normalized spacial score (nSPS) is 14.7. The highest BCUT2D eigenvalue weighted by Crippen LogP contribution is 2.22. The van der Waals surface area contributed by atoms with Crippen LogP contribution < -0.4 is 10.6 Å². The molecular formula is C26H30FN5O. The molecule has 3 aromatic rings. The molecule has 0 spiro atoms. The highest BCUT2D eigenvalue weighted by atomic mass is 19.1. The SMILES string of the molecule is CC1CCN(CCCNC(=O)c2ccc(Nc3cc(-c4cccc(F)c4)ncn3)cc2)CC1. The van der Waals surface area contributed by atoms with Crippen LogP contribution in [0, 0.1) is 11.7 Å². The molecule has 1 amide bonds. The predicted octanol–water partition coefficient (Wildman–Crippen LogP) is 4.88. The number of hydrogen-bond donors (Lipinski definition) is 2. The number of carbonyl (C=O) groups excluding carboxylic acids is 1. The Kier molecular flexibility index (Phi) is 7.62. The van der Waals surface area contributed by atoms with E-state index in [1.807, 2.05) is 12.1 Å². The Morgan fingerprint density at radius 3 is 2.64 bits per heavy atom. The van der Waals surface area contributed by atoms with E-state index in [-0.39, 0.29) is 11.7 Å². The second-order valence-corrected chi connectivity index (χ2v) is 8.63. The van der Waals surface area contributed by atoms with E-state index < -0.39 is 0 Å². The fourth-order valence-electron chi connectivity index (χ4n) is 3.98. The zero-order valence-electron chi connectivity index (χ0n) is 18.9. The minimum atomic E-state index is -0.310. The lowest BCUT2D eigenvalue weighted by Crippen LogP contribution is -2.35. The second kappa shape index (κ2) is 11.0. The van der Waals surface area contributed by atoms with Crippen LogP contribution >= 0.6 is 0 Å². The van der Waals surface area contributed by atoms with Gasteiger partial charge in [-0.25, -0.2) is 14.4 Å². The molecular weight excluding hydrogens is 417 g/mol. The first-order chi connectivity index (χ1) is 16.1. The number of carbonyl (C=O) groups is 1. The monoisotopic (exact) mass is 447 g/mol. The van der Waals surface area contributed by atoms with Crippen molar-refractivity contribution in [3.63, 3.8) is 0 Å². The van der Waals surface area contributed by atoms with Gasteiger partial charge in [-0.1, -0.05) is 19.1 Å². The number of amides is 1. The Morgan fingerprint density at radius 1 is 1.09 bits per heavy atom. The summed E-state index contributed by atoms with van der Waals surface area (Å²) >= 11 is 0. The number of hydrogen-bond acceptors (Lipinski definition) is 5. The van der Waals surface area contributed by atoms with Gasteiger partial charge in [0.05, 0.1) is 5.69 Å². The number of benzene rings is 2. The lowest BCUT2D eigenvalue weighted by Gasteiger charge is -2.30. The molecule has 7 heteroatoms. The van der Waals surface area contributed by atoms with Crippen molar-refractivity contribution < 1.29 is 9.18 Å². The highest BCUT2D eigenvalue weighted by Gasteiger charge is 2.15. The van der Waals surface area contributed by atoms with E-state index in [0.29, 0.717) is 29.2 Å². The summed E-state index contributed by atoms with van der Waals surface area (Å²) in [5.41, 5.74) is 2.73. The van der Waals surface area contributed by atoms with Gasteiger partial charge in [-0.2, -0.15) is 0 Å². The summed E-state index contributed by atoms with van der Waals surface area (Å²) in [5.74, 6) is 1.05. The number of piperidine rings is 1. The van der Waals surface area contributed by atoms with Crippen molar-refractivity contribution in [3.05, 3.63) is 72.3 Å². The fraction of sp³-hybridized carbons (Fsp3) is 0.346. The van der Waals surface area contributed by atoms with Crippen LogP contribution in [-0.2, 0) is 0 Å². The van der Waals surface area contributed by atoms with Gasteiger partial charge in [0.2, 0.25) is 0 Å². The van der Waals surface area contributed by atoms with Crippen LogP contribution in [0.15, 0.2) is 60.9 Å². The van der Waals surface area contributed by atoms with Gasteiger partial charge in [0.1, 0.15) is 18.0 Å². The summed E-state index contributed by atoms with van der Waals surface area (Å²) in [7, 11) is 0. The minimum absolute atomic E-state index is 0.0655. The molecule has 33 heavy (non-hydrogen) atoms. The maximum absolute atomic E-state index is 13.5. The van der Waals surface area contributed by atoms with Gasteiger partial charge < -0.3 is 15.5 Å². The fourth-order valence-corrected chi connectivity index (χ4v) is 3.98. The lowest BCUT2D eigenvalue weighted by molar-refractivity contribution is 0.0950. The molecule has 0 atom stereocenters. The van der Waals surface area contributed by atoms with Crippen LogP contribution in [0.5, 0.6) is 0 Å². The standard InChI is InChI=1S/C26H30FN5O/c1-19-10-14-32(15-11-19)13-3-12-28-26(33)20-6-8-23(9-7-20)31-25-17-24(29-18-30-25)21-4-2-5-22(27)16-21/h2,4-9,16-19H,3,10-15H2,1H3,(H,28,33)(H,29,30,31). The number of nitrogens with one attached hydrogen (secondary N) is 2. The van der Waals surface area contributed by atoms with E-state index >= 15 is 0 Å². The Balaban J connectivity index is 1.27. The summed E-state index contributed by atoms with van der Waals surface area (Å²) in [5, 5.41) is 6.21. The molecule has 1 aliphatic rings. The molecule has 1 saturated heterocycles. The molecule has 2 aromatic carbocycles. The Morgan fingerprint density at radius 2 is 1.88 bits per heavy atom. The molecule has 0 bridgehead atoms. The number of likely N-dealkylation sites (tertiary alicyclic amines) is 1. The second-order valence-electron chi connectivity index (χ2n) is 8.63. The van der Waals surface area contributed by atoms with E-state index in [1.54, 1.807) is 30.3 Å². The smallest absolute Gasteiger partial charge is 0.251 e. The molecule has 0 radical (unpaired) electrons. The van der Waals surface area contributed by atoms with Crippen molar-refractivity contribution in [1.82, 2.24) is 20.2 Å². The van der Waals surface area contributed by atoms with E-state index in [1.165, 1.54) is 44.4 Å². The molecule has 0 saturated carbocycles. The highest BCUT2D eigenvalue weighted by molar-refractivity contribution is 5.94. The van der Waals surface area contributed by atoms with Crippen molar-refractivity contribution in [2.24, 2.45) is 5.92 Å². The molecule has 0 aliphatic carbocycles. The lowest BCUT2D eigenvalue weighted by atomic mass is 9.99. The van der Waals surface area contributed by atoms with Crippen LogP contribution in [0.1, 0.15) is 36.5 Å². The largest absolute Gasteiger partial charge is 0.352 e. The van der Waals surface area contributed by atoms with Crippen molar-refractivity contribution in [3.8, 4) is 11.3 Å². The summed E-state index contributed by atoms with van der Waals surface area (Å²) < 4.78 is 13.5. The maximum Gasteiger partial charge on any atom is 0.251 e. The van der Waals surface area contributed by atoms with Gasteiger partial charge >= 0.3 is 0 Å². The van der Waals surface area contributed by atoms with E-state index in [4.69, 9.17) is 0 Å². The Bertz CT molecular complexity index is 1060. The van der Waals surface area contributed by atoms with Crippen LogP contribution in [0.3, 0.4) is 0 Å². The van der Waals surface area contributed by atoms with Crippen molar-refractivity contribution >= 4 is 17.4 Å². The summed E-state index contributed by atoms with van der Waals surface area (Å²) in [6.45, 7) is 6.36. The van der Waals surface area contributed by atoms with Gasteiger partial charge in [-0.3, -0.25) is 4.79 Å². The molecule has 2 N–H and O–H groups in total. The first-order valence-electron chi connectivity index (χ1n) is 11.5. The molecule has 1 aliphatic heterocycles. The van der Waals surface area contributed by atoms with Crippen molar-refractivity contribution in [1.29, 1.82) is 0 Å².